The molecule has 2 aromatic rings. The maximum Gasteiger partial charge on any atom is 0.237 e. The molecule has 22 heavy (non-hydrogen) atoms. The summed E-state index contributed by atoms with van der Waals surface area (Å²) >= 11 is 0. The van der Waals surface area contributed by atoms with Crippen LogP contribution in [0.2, 0.25) is 0 Å². The third-order valence-electron chi connectivity index (χ3n) is 3.84. The molecule has 0 spiro atoms. The molecule has 6 heteroatoms. The topological polar surface area (TPSA) is 81.6 Å². The Morgan fingerprint density at radius 1 is 1.41 bits per heavy atom. The van der Waals surface area contributed by atoms with Gasteiger partial charge in [-0.25, -0.2) is 4.98 Å². The van der Waals surface area contributed by atoms with Gasteiger partial charge in [-0.15, -0.1) is 0 Å². The summed E-state index contributed by atoms with van der Waals surface area (Å²) in [5.74, 6) is 0.897. The van der Waals surface area contributed by atoms with Crippen molar-refractivity contribution in [3.05, 3.63) is 42.4 Å². The van der Waals surface area contributed by atoms with Crippen molar-refractivity contribution >= 4 is 5.91 Å². The van der Waals surface area contributed by atoms with Gasteiger partial charge in [-0.1, -0.05) is 30.3 Å². The molecule has 1 saturated heterocycles. The molecule has 1 amide bonds. The SMILES string of the molecule is C[C@H]1OCCN(Cc2ncc(-c3ccccc3)o2)[C@@H]1C(N)=O. The summed E-state index contributed by atoms with van der Waals surface area (Å²) < 4.78 is 11.3. The van der Waals surface area contributed by atoms with Crippen LogP contribution in [0.5, 0.6) is 0 Å². The van der Waals surface area contributed by atoms with Gasteiger partial charge in [-0.05, 0) is 6.92 Å². The van der Waals surface area contributed by atoms with Crippen LogP contribution in [0.1, 0.15) is 12.8 Å². The van der Waals surface area contributed by atoms with E-state index in [-0.39, 0.29) is 12.0 Å². The molecule has 3 rings (SSSR count). The lowest BCUT2D eigenvalue weighted by molar-refractivity contribution is -0.136. The number of hydrogen-bond acceptors (Lipinski definition) is 5. The van der Waals surface area contributed by atoms with Crippen molar-refractivity contribution in [2.75, 3.05) is 13.2 Å². The van der Waals surface area contributed by atoms with E-state index in [4.69, 9.17) is 14.9 Å². The zero-order chi connectivity index (χ0) is 15.5. The third kappa shape index (κ3) is 3.03. The Kier molecular flexibility index (Phi) is 4.22. The van der Waals surface area contributed by atoms with Crippen molar-refractivity contribution in [1.82, 2.24) is 9.88 Å². The van der Waals surface area contributed by atoms with Crippen molar-refractivity contribution in [3.63, 3.8) is 0 Å². The van der Waals surface area contributed by atoms with E-state index in [0.717, 1.165) is 5.56 Å². The number of morpholine rings is 1. The predicted octanol–water partition coefficient (Wildman–Crippen LogP) is 1.42. The highest BCUT2D eigenvalue weighted by Crippen LogP contribution is 2.22. The number of nitrogens with zero attached hydrogens (tertiary/aromatic N) is 2. The van der Waals surface area contributed by atoms with Crippen LogP contribution >= 0.6 is 0 Å². The lowest BCUT2D eigenvalue weighted by atomic mass is 10.1. The molecule has 1 aliphatic rings. The highest BCUT2D eigenvalue weighted by molar-refractivity contribution is 5.80. The Morgan fingerprint density at radius 2 is 2.18 bits per heavy atom. The van der Waals surface area contributed by atoms with E-state index < -0.39 is 6.04 Å². The Morgan fingerprint density at radius 3 is 2.91 bits per heavy atom. The fraction of sp³-hybridized carbons (Fsp3) is 0.375. The molecule has 1 aromatic heterocycles. The summed E-state index contributed by atoms with van der Waals surface area (Å²) in [6.45, 7) is 3.49. The minimum Gasteiger partial charge on any atom is -0.439 e. The number of primary amides is 1. The number of carbonyl (C=O) groups is 1. The Labute approximate surface area is 128 Å². The highest BCUT2D eigenvalue weighted by Gasteiger charge is 2.34. The molecule has 6 nitrogen and oxygen atoms in total. The molecule has 0 radical (unpaired) electrons. The molecular weight excluding hydrogens is 282 g/mol. The smallest absolute Gasteiger partial charge is 0.237 e. The van der Waals surface area contributed by atoms with Gasteiger partial charge in [0.1, 0.15) is 6.04 Å². The normalized spacial score (nSPS) is 22.6. The standard InChI is InChI=1S/C16H19N3O3/c1-11-15(16(17)20)19(7-8-21-11)10-14-18-9-13(22-14)12-5-3-2-4-6-12/h2-6,9,11,15H,7-8,10H2,1H3,(H2,17,20)/t11-,15+/m1/s1. The van der Waals surface area contributed by atoms with Gasteiger partial charge in [0.15, 0.2) is 5.76 Å². The quantitative estimate of drug-likeness (QED) is 0.923. The Balaban J connectivity index is 1.75. The van der Waals surface area contributed by atoms with Crippen molar-refractivity contribution in [2.24, 2.45) is 5.73 Å². The number of hydrogen-bond donors (Lipinski definition) is 1. The summed E-state index contributed by atoms with van der Waals surface area (Å²) in [4.78, 5) is 17.9. The van der Waals surface area contributed by atoms with Gasteiger partial charge in [0.25, 0.3) is 0 Å². The number of nitrogens with two attached hydrogens (primary N) is 1. The summed E-state index contributed by atoms with van der Waals surface area (Å²) in [5.41, 5.74) is 6.46. The van der Waals surface area contributed by atoms with Crippen molar-refractivity contribution < 1.29 is 13.9 Å². The van der Waals surface area contributed by atoms with Crippen LogP contribution in [0, 0.1) is 0 Å². The number of aromatic nitrogens is 1. The first-order valence-electron chi connectivity index (χ1n) is 7.30. The summed E-state index contributed by atoms with van der Waals surface area (Å²) in [7, 11) is 0. The first-order chi connectivity index (χ1) is 10.6. The maximum absolute atomic E-state index is 11.6. The molecule has 0 saturated carbocycles. The molecular formula is C16H19N3O3. The third-order valence-corrected chi connectivity index (χ3v) is 3.84. The second-order valence-electron chi connectivity index (χ2n) is 5.38. The number of amides is 1. The van der Waals surface area contributed by atoms with Crippen molar-refractivity contribution in [1.29, 1.82) is 0 Å². The lowest BCUT2D eigenvalue weighted by Crippen LogP contribution is -2.56. The van der Waals surface area contributed by atoms with Crippen LogP contribution in [-0.4, -0.2) is 41.1 Å². The molecule has 116 valence electrons. The van der Waals surface area contributed by atoms with Gasteiger partial charge in [0, 0.05) is 12.1 Å². The minimum absolute atomic E-state index is 0.227. The van der Waals surface area contributed by atoms with Crippen LogP contribution in [0.3, 0.4) is 0 Å². The van der Waals surface area contributed by atoms with Crippen molar-refractivity contribution in [2.45, 2.75) is 25.6 Å². The number of oxazole rings is 1. The van der Waals surface area contributed by atoms with Gasteiger partial charge < -0.3 is 14.9 Å². The molecule has 1 aromatic carbocycles. The Bertz CT molecular complexity index is 641. The molecule has 2 heterocycles. The Hall–Kier alpha value is -2.18. The van der Waals surface area contributed by atoms with Crippen LogP contribution in [-0.2, 0) is 16.1 Å². The first kappa shape index (κ1) is 14.7. The second kappa shape index (κ2) is 6.29. The van der Waals surface area contributed by atoms with Gasteiger partial charge in [0.2, 0.25) is 11.8 Å². The monoisotopic (exact) mass is 301 g/mol. The number of ether oxygens (including phenoxy) is 1. The predicted molar refractivity (Wildman–Crippen MR) is 80.7 cm³/mol. The molecule has 2 N–H and O–H groups in total. The maximum atomic E-state index is 11.6. The molecule has 1 fully saturated rings. The zero-order valence-corrected chi connectivity index (χ0v) is 12.4. The fourth-order valence-electron chi connectivity index (χ4n) is 2.76. The van der Waals surface area contributed by atoms with Gasteiger partial charge in [0.05, 0.1) is 25.5 Å². The molecule has 0 unspecified atom stereocenters. The van der Waals surface area contributed by atoms with E-state index in [0.29, 0.717) is 31.3 Å². The fourth-order valence-corrected chi connectivity index (χ4v) is 2.76. The van der Waals surface area contributed by atoms with Gasteiger partial charge in [-0.2, -0.15) is 0 Å². The van der Waals surface area contributed by atoms with E-state index in [1.807, 2.05) is 42.2 Å². The minimum atomic E-state index is -0.458. The average Bonchev–Trinajstić information content (AvgIpc) is 2.96. The molecule has 0 aliphatic carbocycles. The van der Waals surface area contributed by atoms with E-state index in [1.165, 1.54) is 0 Å². The molecule has 2 atom stereocenters. The van der Waals surface area contributed by atoms with Crippen molar-refractivity contribution in [3.8, 4) is 11.3 Å². The number of carbonyl (C=O) groups excluding carboxylic acids is 1. The average molecular weight is 301 g/mol. The summed E-state index contributed by atoms with van der Waals surface area (Å²) in [6.07, 6.45) is 1.48. The number of rotatable bonds is 4. The first-order valence-corrected chi connectivity index (χ1v) is 7.30. The second-order valence-corrected chi connectivity index (χ2v) is 5.38. The van der Waals surface area contributed by atoms with Gasteiger partial charge >= 0.3 is 0 Å². The van der Waals surface area contributed by atoms with Crippen LogP contribution < -0.4 is 5.73 Å². The summed E-state index contributed by atoms with van der Waals surface area (Å²) in [5, 5.41) is 0. The van der Waals surface area contributed by atoms with Gasteiger partial charge in [-0.3, -0.25) is 9.69 Å². The molecule has 1 aliphatic heterocycles. The largest absolute Gasteiger partial charge is 0.439 e. The zero-order valence-electron chi connectivity index (χ0n) is 12.4. The van der Waals surface area contributed by atoms with E-state index in [9.17, 15) is 4.79 Å². The van der Waals surface area contributed by atoms with Crippen LogP contribution in [0.4, 0.5) is 0 Å². The lowest BCUT2D eigenvalue weighted by Gasteiger charge is -2.37. The number of benzene rings is 1. The van der Waals surface area contributed by atoms with Crippen LogP contribution in [0.15, 0.2) is 40.9 Å². The van der Waals surface area contributed by atoms with E-state index in [2.05, 4.69) is 4.98 Å². The summed E-state index contributed by atoms with van der Waals surface area (Å²) in [6, 6.07) is 9.32. The van der Waals surface area contributed by atoms with Crippen LogP contribution in [0.25, 0.3) is 11.3 Å². The highest BCUT2D eigenvalue weighted by atomic mass is 16.5. The van der Waals surface area contributed by atoms with E-state index in [1.54, 1.807) is 6.20 Å². The molecule has 0 bridgehead atoms. The van der Waals surface area contributed by atoms with E-state index >= 15 is 0 Å².